The molecule has 3 rings (SSSR count). The van der Waals surface area contributed by atoms with Crippen LogP contribution in [-0.4, -0.2) is 27.5 Å². The summed E-state index contributed by atoms with van der Waals surface area (Å²) in [7, 11) is -2.41. The molecule has 0 spiro atoms. The number of halogens is 1. The lowest BCUT2D eigenvalue weighted by molar-refractivity contribution is 0.102. The average molecular weight is 437 g/mol. The van der Waals surface area contributed by atoms with E-state index < -0.39 is 15.9 Å². The Balaban J connectivity index is 1.86. The summed E-state index contributed by atoms with van der Waals surface area (Å²) >= 11 is 5.95. The molecule has 156 valence electrons. The fourth-order valence-corrected chi connectivity index (χ4v) is 5.22. The zero-order valence-corrected chi connectivity index (χ0v) is 18.1. The van der Waals surface area contributed by atoms with Gasteiger partial charge in [-0.2, -0.15) is 0 Å². The van der Waals surface area contributed by atoms with Crippen molar-refractivity contribution in [1.82, 2.24) is 4.72 Å². The van der Waals surface area contributed by atoms with Crippen molar-refractivity contribution in [3.63, 3.8) is 0 Å². The second-order valence-electron chi connectivity index (χ2n) is 7.24. The summed E-state index contributed by atoms with van der Waals surface area (Å²) in [6.45, 7) is 1.83. The van der Waals surface area contributed by atoms with E-state index >= 15 is 0 Å². The molecule has 29 heavy (non-hydrogen) atoms. The molecule has 0 aromatic heterocycles. The van der Waals surface area contributed by atoms with E-state index in [0.29, 0.717) is 10.7 Å². The summed E-state index contributed by atoms with van der Waals surface area (Å²) in [5.41, 5.74) is 1.65. The first kappa shape index (κ1) is 21.6. The summed E-state index contributed by atoms with van der Waals surface area (Å²) in [6.07, 6.45) is 4.77. The van der Waals surface area contributed by atoms with E-state index in [0.717, 1.165) is 37.7 Å². The van der Waals surface area contributed by atoms with Gasteiger partial charge in [0.2, 0.25) is 10.0 Å². The molecule has 1 aliphatic rings. The third kappa shape index (κ3) is 5.29. The molecule has 0 heterocycles. The molecule has 1 saturated carbocycles. The Morgan fingerprint density at radius 3 is 2.48 bits per heavy atom. The molecule has 0 aliphatic heterocycles. The molecular weight excluding hydrogens is 412 g/mol. The van der Waals surface area contributed by atoms with Gasteiger partial charge in [-0.05, 0) is 61.7 Å². The lowest BCUT2D eigenvalue weighted by Gasteiger charge is -2.23. The third-order valence-electron chi connectivity index (χ3n) is 5.08. The monoisotopic (exact) mass is 436 g/mol. The van der Waals surface area contributed by atoms with Crippen molar-refractivity contribution in [2.24, 2.45) is 0 Å². The quantitative estimate of drug-likeness (QED) is 0.697. The van der Waals surface area contributed by atoms with Gasteiger partial charge in [0.15, 0.2) is 0 Å². The molecule has 0 atom stereocenters. The van der Waals surface area contributed by atoms with Crippen molar-refractivity contribution in [3.05, 3.63) is 52.5 Å². The number of hydrogen-bond donors (Lipinski definition) is 2. The van der Waals surface area contributed by atoms with Crippen molar-refractivity contribution in [2.75, 3.05) is 12.4 Å². The second-order valence-corrected chi connectivity index (χ2v) is 9.35. The molecule has 2 aromatic rings. The summed E-state index contributed by atoms with van der Waals surface area (Å²) < 4.78 is 33.9. The molecular formula is C21H25ClN2O4S. The highest BCUT2D eigenvalue weighted by molar-refractivity contribution is 7.89. The summed E-state index contributed by atoms with van der Waals surface area (Å²) in [6, 6.07) is 9.44. The number of rotatable bonds is 6. The fourth-order valence-electron chi connectivity index (χ4n) is 3.49. The largest absolute Gasteiger partial charge is 0.495 e. The zero-order chi connectivity index (χ0) is 21.0. The molecule has 1 amide bonds. The number of sulfonamides is 1. The number of methoxy groups -OCH3 is 1. The average Bonchev–Trinajstić information content (AvgIpc) is 2.70. The number of aryl methyl sites for hydroxylation is 1. The topological polar surface area (TPSA) is 84.5 Å². The highest BCUT2D eigenvalue weighted by Gasteiger charge is 2.26. The predicted molar refractivity (Wildman–Crippen MR) is 114 cm³/mol. The minimum Gasteiger partial charge on any atom is -0.495 e. The van der Waals surface area contributed by atoms with Gasteiger partial charge in [-0.1, -0.05) is 30.9 Å². The number of amides is 1. The Hall–Kier alpha value is -2.09. The maximum absolute atomic E-state index is 13.0. The molecule has 1 aliphatic carbocycles. The molecule has 8 heteroatoms. The molecule has 1 fully saturated rings. The minimum absolute atomic E-state index is 0.0361. The number of anilines is 1. The molecule has 2 N–H and O–H groups in total. The fraction of sp³-hybridized carbons (Fsp3) is 0.381. The highest BCUT2D eigenvalue weighted by atomic mass is 35.5. The van der Waals surface area contributed by atoms with Crippen LogP contribution in [0.1, 0.15) is 48.0 Å². The van der Waals surface area contributed by atoms with E-state index in [2.05, 4.69) is 10.0 Å². The van der Waals surface area contributed by atoms with Crippen LogP contribution < -0.4 is 14.8 Å². The van der Waals surface area contributed by atoms with Crippen LogP contribution in [0, 0.1) is 6.92 Å². The molecule has 0 bridgehead atoms. The van der Waals surface area contributed by atoms with Crippen molar-refractivity contribution in [3.8, 4) is 5.75 Å². The van der Waals surface area contributed by atoms with Gasteiger partial charge < -0.3 is 10.1 Å². The molecule has 0 saturated heterocycles. The molecule has 6 nitrogen and oxygen atoms in total. The van der Waals surface area contributed by atoms with Crippen LogP contribution in [0.2, 0.25) is 5.02 Å². The van der Waals surface area contributed by atoms with Crippen molar-refractivity contribution >= 4 is 33.2 Å². The van der Waals surface area contributed by atoms with Gasteiger partial charge in [-0.25, -0.2) is 13.1 Å². The lowest BCUT2D eigenvalue weighted by Crippen LogP contribution is -2.36. The first-order chi connectivity index (χ1) is 13.8. The highest BCUT2D eigenvalue weighted by Crippen LogP contribution is 2.28. The normalized spacial score (nSPS) is 15.1. The predicted octanol–water partition coefficient (Wildman–Crippen LogP) is 4.52. The van der Waals surface area contributed by atoms with E-state index in [9.17, 15) is 13.2 Å². The van der Waals surface area contributed by atoms with Crippen LogP contribution >= 0.6 is 11.6 Å². The van der Waals surface area contributed by atoms with E-state index in [1.807, 2.05) is 6.92 Å². The number of benzene rings is 2. The molecule has 0 unspecified atom stereocenters. The van der Waals surface area contributed by atoms with Crippen molar-refractivity contribution in [1.29, 1.82) is 0 Å². The summed E-state index contributed by atoms with van der Waals surface area (Å²) in [4.78, 5) is 12.7. The number of carbonyl (C=O) groups is 1. The van der Waals surface area contributed by atoms with Gasteiger partial charge in [0.1, 0.15) is 10.6 Å². The molecule has 2 aromatic carbocycles. The maximum Gasteiger partial charge on any atom is 0.255 e. The first-order valence-corrected chi connectivity index (χ1v) is 11.4. The summed E-state index contributed by atoms with van der Waals surface area (Å²) in [5, 5.41) is 3.37. The number of hydrogen-bond acceptors (Lipinski definition) is 4. The van der Waals surface area contributed by atoms with E-state index in [1.165, 1.54) is 19.2 Å². The van der Waals surface area contributed by atoms with Crippen LogP contribution in [0.25, 0.3) is 0 Å². The van der Waals surface area contributed by atoms with Gasteiger partial charge in [0, 0.05) is 22.3 Å². The molecule has 0 radical (unpaired) electrons. The smallest absolute Gasteiger partial charge is 0.255 e. The lowest BCUT2D eigenvalue weighted by atomic mass is 9.96. The van der Waals surface area contributed by atoms with E-state index in [1.54, 1.807) is 24.3 Å². The number of ether oxygens (including phenoxy) is 1. The zero-order valence-electron chi connectivity index (χ0n) is 16.5. The first-order valence-electron chi connectivity index (χ1n) is 9.58. The van der Waals surface area contributed by atoms with Crippen LogP contribution in [0.15, 0.2) is 41.3 Å². The Morgan fingerprint density at radius 1 is 1.10 bits per heavy atom. The Morgan fingerprint density at radius 2 is 1.83 bits per heavy atom. The Labute approximate surface area is 176 Å². The van der Waals surface area contributed by atoms with Crippen LogP contribution in [0.3, 0.4) is 0 Å². The van der Waals surface area contributed by atoms with E-state index in [4.69, 9.17) is 16.3 Å². The third-order valence-corrected chi connectivity index (χ3v) is 6.86. The minimum atomic E-state index is -3.82. The van der Waals surface area contributed by atoms with Gasteiger partial charge in [0.25, 0.3) is 5.91 Å². The van der Waals surface area contributed by atoms with Crippen molar-refractivity contribution in [2.45, 2.75) is 50.0 Å². The number of carbonyl (C=O) groups excluding carboxylic acids is 1. The van der Waals surface area contributed by atoms with Crippen LogP contribution in [0.4, 0.5) is 5.69 Å². The van der Waals surface area contributed by atoms with Gasteiger partial charge in [0.05, 0.1) is 7.11 Å². The standard InChI is InChI=1S/C21H25ClN2O4S/c1-14-12-16(22)9-10-18(14)23-21(25)15-8-11-19(28-2)20(13-15)29(26,27)24-17-6-4-3-5-7-17/h8-13,17,24H,3-7H2,1-2H3,(H,23,25). The van der Waals surface area contributed by atoms with Gasteiger partial charge in [-0.15, -0.1) is 0 Å². The number of nitrogens with one attached hydrogen (secondary N) is 2. The second kappa shape index (κ2) is 9.15. The summed E-state index contributed by atoms with van der Waals surface area (Å²) in [5.74, 6) is -0.209. The van der Waals surface area contributed by atoms with Crippen LogP contribution in [-0.2, 0) is 10.0 Å². The van der Waals surface area contributed by atoms with Gasteiger partial charge in [-0.3, -0.25) is 4.79 Å². The Bertz CT molecular complexity index is 1000. The van der Waals surface area contributed by atoms with Crippen LogP contribution in [0.5, 0.6) is 5.75 Å². The Kier molecular flexibility index (Phi) is 6.82. The SMILES string of the molecule is COc1ccc(C(=O)Nc2ccc(Cl)cc2C)cc1S(=O)(=O)NC1CCCCC1. The van der Waals surface area contributed by atoms with Gasteiger partial charge >= 0.3 is 0 Å². The van der Waals surface area contributed by atoms with E-state index in [-0.39, 0.29) is 22.3 Å². The maximum atomic E-state index is 13.0. The van der Waals surface area contributed by atoms with Crippen molar-refractivity contribution < 1.29 is 17.9 Å².